The molecule has 1 aliphatic rings. The van der Waals surface area contributed by atoms with Crippen molar-refractivity contribution in [3.63, 3.8) is 0 Å². The molecule has 3 heterocycles. The number of hydrogen-bond donors (Lipinski definition) is 1. The van der Waals surface area contributed by atoms with Crippen LogP contribution in [0.25, 0.3) is 28.1 Å². The summed E-state index contributed by atoms with van der Waals surface area (Å²) >= 11 is 0. The molecule has 1 aliphatic carbocycles. The van der Waals surface area contributed by atoms with Gasteiger partial charge in [-0.25, -0.2) is 4.98 Å². The van der Waals surface area contributed by atoms with Crippen molar-refractivity contribution in [2.24, 2.45) is 0 Å². The van der Waals surface area contributed by atoms with Crippen LogP contribution in [0.3, 0.4) is 0 Å². The summed E-state index contributed by atoms with van der Waals surface area (Å²) < 4.78 is 3.56. The second kappa shape index (κ2) is 5.02. The van der Waals surface area contributed by atoms with Crippen molar-refractivity contribution in [2.45, 2.75) is 38.6 Å². The number of H-pyrrole nitrogens is 1. The largest absolute Gasteiger partial charge is 0.327 e. The smallest absolute Gasteiger partial charge is 0.279 e. The van der Waals surface area contributed by atoms with Gasteiger partial charge in [-0.3, -0.25) is 4.79 Å². The summed E-state index contributed by atoms with van der Waals surface area (Å²) in [4.78, 5) is 24.8. The quantitative estimate of drug-likeness (QED) is 0.624. The van der Waals surface area contributed by atoms with Crippen molar-refractivity contribution >= 4 is 16.8 Å². The van der Waals surface area contributed by atoms with E-state index in [9.17, 15) is 4.79 Å². The Hall–Kier alpha value is -2.96. The van der Waals surface area contributed by atoms with E-state index in [4.69, 9.17) is 0 Å². The van der Waals surface area contributed by atoms with Gasteiger partial charge in [0.1, 0.15) is 6.33 Å². The van der Waals surface area contributed by atoms with Crippen molar-refractivity contribution in [3.8, 4) is 11.3 Å². The van der Waals surface area contributed by atoms with Crippen molar-refractivity contribution in [2.75, 3.05) is 0 Å². The van der Waals surface area contributed by atoms with E-state index in [1.165, 1.54) is 23.7 Å². The van der Waals surface area contributed by atoms with Crippen molar-refractivity contribution in [3.05, 3.63) is 46.8 Å². The minimum absolute atomic E-state index is 0.0661. The highest BCUT2D eigenvalue weighted by Crippen LogP contribution is 2.38. The van der Waals surface area contributed by atoms with E-state index in [-0.39, 0.29) is 11.5 Å². The van der Waals surface area contributed by atoms with E-state index < -0.39 is 0 Å². The number of imidazole rings is 1. The molecular formula is C18H18N6O. The second-order valence-corrected chi connectivity index (χ2v) is 6.96. The third-order valence-corrected chi connectivity index (χ3v) is 4.86. The van der Waals surface area contributed by atoms with Gasteiger partial charge in [0.25, 0.3) is 5.56 Å². The van der Waals surface area contributed by atoms with Crippen molar-refractivity contribution < 1.29 is 0 Å². The molecule has 1 aromatic carbocycles. The van der Waals surface area contributed by atoms with Gasteiger partial charge < -0.3 is 9.55 Å². The standard InChI is InChI=1S/C18H18N6O/c1-10(2)15-16(22-18-19-8-21-24(18)17(15)25)11-3-6-13-14(7-11)23(9-20-13)12-4-5-12/h3,6-10,12H,4-5H2,1-2H3,(H,19,21,22). The van der Waals surface area contributed by atoms with Gasteiger partial charge in [0.05, 0.1) is 23.1 Å². The molecule has 25 heavy (non-hydrogen) atoms. The number of fused-ring (bicyclic) bond motifs is 2. The first-order valence-corrected chi connectivity index (χ1v) is 8.56. The van der Waals surface area contributed by atoms with Gasteiger partial charge in [0.15, 0.2) is 0 Å². The maximum atomic E-state index is 12.8. The Morgan fingerprint density at radius 3 is 2.84 bits per heavy atom. The van der Waals surface area contributed by atoms with Crippen molar-refractivity contribution in [1.82, 2.24) is 29.1 Å². The highest BCUT2D eigenvalue weighted by molar-refractivity contribution is 5.82. The Bertz CT molecular complexity index is 1160. The first-order valence-electron chi connectivity index (χ1n) is 8.56. The normalized spacial score (nSPS) is 14.8. The van der Waals surface area contributed by atoms with Crippen LogP contribution >= 0.6 is 0 Å². The number of benzene rings is 1. The fourth-order valence-electron chi connectivity index (χ4n) is 3.46. The molecule has 0 aliphatic heterocycles. The molecule has 0 radical (unpaired) electrons. The molecular weight excluding hydrogens is 316 g/mol. The summed E-state index contributed by atoms with van der Waals surface area (Å²) in [5, 5.41) is 4.03. The minimum Gasteiger partial charge on any atom is -0.327 e. The van der Waals surface area contributed by atoms with Crippen LogP contribution in [-0.2, 0) is 0 Å². The fraction of sp³-hybridized carbons (Fsp3) is 0.333. The molecule has 7 nitrogen and oxygen atoms in total. The average Bonchev–Trinajstić information content (AvgIpc) is 3.17. The van der Waals surface area contributed by atoms with E-state index >= 15 is 0 Å². The lowest BCUT2D eigenvalue weighted by Gasteiger charge is -2.13. The average molecular weight is 334 g/mol. The third-order valence-electron chi connectivity index (χ3n) is 4.86. The Labute approximate surface area is 143 Å². The van der Waals surface area contributed by atoms with Gasteiger partial charge in [-0.15, -0.1) is 0 Å². The lowest BCUT2D eigenvalue weighted by Crippen LogP contribution is -2.22. The van der Waals surface area contributed by atoms with Gasteiger partial charge in [-0.2, -0.15) is 14.6 Å². The number of hydrogen-bond acceptors (Lipinski definition) is 4. The van der Waals surface area contributed by atoms with Gasteiger partial charge in [-0.05, 0) is 30.9 Å². The Kier molecular flexibility index (Phi) is 2.89. The van der Waals surface area contributed by atoms with Crippen LogP contribution in [0, 0.1) is 0 Å². The zero-order valence-electron chi connectivity index (χ0n) is 14.1. The first-order chi connectivity index (χ1) is 12.1. The van der Waals surface area contributed by atoms with Crippen LogP contribution < -0.4 is 5.56 Å². The molecule has 1 saturated carbocycles. The third kappa shape index (κ3) is 2.12. The van der Waals surface area contributed by atoms with Gasteiger partial charge in [-0.1, -0.05) is 19.9 Å². The lowest BCUT2D eigenvalue weighted by molar-refractivity contribution is 0.766. The number of aromatic nitrogens is 6. The van der Waals surface area contributed by atoms with Crippen LogP contribution in [0.15, 0.2) is 35.6 Å². The summed E-state index contributed by atoms with van der Waals surface area (Å²) in [6.07, 6.45) is 5.72. The number of rotatable bonds is 3. The molecule has 1 N–H and O–H groups in total. The SMILES string of the molecule is CC(C)c1c(-c2ccc3ncn(C4CC4)c3c2)[nH]c2ncnn2c1=O. The minimum atomic E-state index is -0.118. The molecule has 0 amide bonds. The van der Waals surface area contributed by atoms with Crippen LogP contribution in [0.2, 0.25) is 0 Å². The van der Waals surface area contributed by atoms with Gasteiger partial charge in [0.2, 0.25) is 5.78 Å². The summed E-state index contributed by atoms with van der Waals surface area (Å²) in [5.41, 5.74) is 4.47. The van der Waals surface area contributed by atoms with Crippen LogP contribution in [-0.4, -0.2) is 29.1 Å². The first kappa shape index (κ1) is 14.4. The molecule has 0 atom stereocenters. The molecule has 4 aromatic rings. The maximum absolute atomic E-state index is 12.8. The molecule has 0 bridgehead atoms. The number of nitrogens with zero attached hydrogens (tertiary/aromatic N) is 5. The van der Waals surface area contributed by atoms with E-state index in [1.807, 2.05) is 32.3 Å². The topological polar surface area (TPSA) is 80.9 Å². The predicted octanol–water partition coefficient (Wildman–Crippen LogP) is 2.89. The molecule has 7 heteroatoms. The Balaban J connectivity index is 1.80. The molecule has 5 rings (SSSR count). The maximum Gasteiger partial charge on any atom is 0.279 e. The number of aromatic amines is 1. The van der Waals surface area contributed by atoms with Crippen LogP contribution in [0.4, 0.5) is 0 Å². The molecule has 3 aromatic heterocycles. The molecule has 0 unspecified atom stereocenters. The lowest BCUT2D eigenvalue weighted by atomic mass is 9.98. The van der Waals surface area contributed by atoms with Crippen LogP contribution in [0.1, 0.15) is 44.2 Å². The molecule has 1 fully saturated rings. The molecule has 0 spiro atoms. The van der Waals surface area contributed by atoms with Gasteiger partial charge in [0, 0.05) is 17.2 Å². The highest BCUT2D eigenvalue weighted by atomic mass is 16.1. The van der Waals surface area contributed by atoms with Crippen LogP contribution in [0.5, 0.6) is 0 Å². The van der Waals surface area contributed by atoms with E-state index in [0.29, 0.717) is 11.8 Å². The van der Waals surface area contributed by atoms with E-state index in [1.54, 1.807) is 0 Å². The van der Waals surface area contributed by atoms with E-state index in [0.717, 1.165) is 27.9 Å². The second-order valence-electron chi connectivity index (χ2n) is 6.96. The van der Waals surface area contributed by atoms with Crippen molar-refractivity contribution in [1.29, 1.82) is 0 Å². The summed E-state index contributed by atoms with van der Waals surface area (Å²) in [6, 6.07) is 6.70. The summed E-state index contributed by atoms with van der Waals surface area (Å²) in [6.45, 7) is 4.04. The monoisotopic (exact) mass is 334 g/mol. The predicted molar refractivity (Wildman–Crippen MR) is 94.7 cm³/mol. The zero-order chi connectivity index (χ0) is 17.1. The Morgan fingerprint density at radius 1 is 1.24 bits per heavy atom. The van der Waals surface area contributed by atoms with E-state index in [2.05, 4.69) is 30.7 Å². The molecule has 126 valence electrons. The van der Waals surface area contributed by atoms with Gasteiger partial charge >= 0.3 is 0 Å². The highest BCUT2D eigenvalue weighted by Gasteiger charge is 2.25. The summed E-state index contributed by atoms with van der Waals surface area (Å²) in [7, 11) is 0. The number of nitrogens with one attached hydrogen (secondary N) is 1. The Morgan fingerprint density at radius 2 is 2.08 bits per heavy atom. The fourth-order valence-corrected chi connectivity index (χ4v) is 3.46. The zero-order valence-corrected chi connectivity index (χ0v) is 14.1. The summed E-state index contributed by atoms with van der Waals surface area (Å²) in [5.74, 6) is 0.525. The molecule has 0 saturated heterocycles.